The third-order valence-corrected chi connectivity index (χ3v) is 6.39. The van der Waals surface area contributed by atoms with Crippen molar-refractivity contribution in [3.8, 4) is 0 Å². The van der Waals surface area contributed by atoms with Gasteiger partial charge in [-0.15, -0.1) is 0 Å². The summed E-state index contributed by atoms with van der Waals surface area (Å²) in [6.45, 7) is 3.97. The van der Waals surface area contributed by atoms with E-state index in [9.17, 15) is 9.59 Å². The Morgan fingerprint density at radius 3 is 2.63 bits per heavy atom. The van der Waals surface area contributed by atoms with Gasteiger partial charge < -0.3 is 24.3 Å². The molecule has 1 amide bonds. The van der Waals surface area contributed by atoms with E-state index in [0.29, 0.717) is 38.6 Å². The zero-order valence-corrected chi connectivity index (χ0v) is 20.7. The van der Waals surface area contributed by atoms with Crippen molar-refractivity contribution in [2.24, 2.45) is 11.8 Å². The average molecular weight is 486 g/mol. The van der Waals surface area contributed by atoms with Crippen molar-refractivity contribution in [3.05, 3.63) is 60.2 Å². The summed E-state index contributed by atoms with van der Waals surface area (Å²) in [5, 5.41) is 2.99. The number of hydrogen-bond acceptors (Lipinski definition) is 6. The number of carbonyl (C=O) groups is 2. The molecule has 0 aromatic heterocycles. The first-order chi connectivity index (χ1) is 17.2. The minimum Gasteiger partial charge on any atom is -0.463 e. The van der Waals surface area contributed by atoms with Gasteiger partial charge in [0.15, 0.2) is 6.29 Å². The fourth-order valence-corrected chi connectivity index (χ4v) is 4.50. The topological polar surface area (TPSA) is 83.1 Å². The largest absolute Gasteiger partial charge is 0.463 e. The number of nitrogens with one attached hydrogen (secondary N) is 1. The number of amides is 1. The van der Waals surface area contributed by atoms with Crippen LogP contribution >= 0.6 is 0 Å². The molecule has 1 aromatic rings. The molecule has 7 nitrogen and oxygen atoms in total. The zero-order valence-electron chi connectivity index (χ0n) is 20.7. The van der Waals surface area contributed by atoms with Gasteiger partial charge in [0.1, 0.15) is 6.61 Å². The van der Waals surface area contributed by atoms with Gasteiger partial charge in [0, 0.05) is 18.4 Å². The predicted octanol–water partition coefficient (Wildman–Crippen LogP) is 5.31. The summed E-state index contributed by atoms with van der Waals surface area (Å²) in [5.41, 5.74) is 0.935. The van der Waals surface area contributed by atoms with E-state index in [0.717, 1.165) is 31.2 Å². The zero-order chi connectivity index (χ0) is 24.7. The highest BCUT2D eigenvalue weighted by atomic mass is 16.7. The van der Waals surface area contributed by atoms with Crippen LogP contribution in [0.15, 0.2) is 54.6 Å². The molecule has 1 aromatic carbocycles. The molecule has 35 heavy (non-hydrogen) atoms. The SMILES string of the molecule is CCCCCC1CC=CC(NC(=O)OCc2ccccc2)C1C=CC(=O)OCCCC1OCCO1. The summed E-state index contributed by atoms with van der Waals surface area (Å²) in [7, 11) is 0. The molecule has 7 heteroatoms. The lowest BCUT2D eigenvalue weighted by Gasteiger charge is -2.33. The fraction of sp³-hybridized carbons (Fsp3) is 0.571. The summed E-state index contributed by atoms with van der Waals surface area (Å²) in [6, 6.07) is 9.36. The Hall–Kier alpha value is -2.64. The molecule has 3 rings (SSSR count). The summed E-state index contributed by atoms with van der Waals surface area (Å²) < 4.78 is 21.6. The van der Waals surface area contributed by atoms with Gasteiger partial charge in [-0.05, 0) is 30.7 Å². The van der Waals surface area contributed by atoms with E-state index in [2.05, 4.69) is 18.3 Å². The first kappa shape index (κ1) is 27.0. The van der Waals surface area contributed by atoms with Crippen LogP contribution in [0.25, 0.3) is 0 Å². The summed E-state index contributed by atoms with van der Waals surface area (Å²) >= 11 is 0. The van der Waals surface area contributed by atoms with Crippen molar-refractivity contribution < 1.29 is 28.5 Å². The van der Waals surface area contributed by atoms with E-state index in [1.54, 1.807) is 0 Å². The Bertz CT molecular complexity index is 818. The summed E-state index contributed by atoms with van der Waals surface area (Å²) in [4.78, 5) is 24.9. The second-order valence-corrected chi connectivity index (χ2v) is 9.07. The second kappa shape index (κ2) is 15.4. The van der Waals surface area contributed by atoms with E-state index >= 15 is 0 Å². The first-order valence-corrected chi connectivity index (χ1v) is 12.9. The molecule has 3 unspecified atom stereocenters. The van der Waals surface area contributed by atoms with Crippen LogP contribution in [0.1, 0.15) is 57.4 Å². The van der Waals surface area contributed by atoms with Gasteiger partial charge in [0.25, 0.3) is 0 Å². The lowest BCUT2D eigenvalue weighted by molar-refractivity contribution is -0.138. The molecule has 3 atom stereocenters. The Balaban J connectivity index is 1.52. The van der Waals surface area contributed by atoms with Crippen LogP contribution in [0.3, 0.4) is 0 Å². The number of esters is 1. The molecule has 0 radical (unpaired) electrons. The Kier molecular flexibility index (Phi) is 11.8. The van der Waals surface area contributed by atoms with Crippen molar-refractivity contribution in [3.63, 3.8) is 0 Å². The molecule has 0 spiro atoms. The maximum absolute atomic E-state index is 12.5. The molecule has 1 aliphatic carbocycles. The summed E-state index contributed by atoms with van der Waals surface area (Å²) in [5.74, 6) is -0.0359. The molecule has 2 aliphatic rings. The predicted molar refractivity (Wildman–Crippen MR) is 133 cm³/mol. The van der Waals surface area contributed by atoms with Gasteiger partial charge in [0.05, 0.1) is 25.9 Å². The highest BCUT2D eigenvalue weighted by Crippen LogP contribution is 2.31. The van der Waals surface area contributed by atoms with E-state index in [1.165, 1.54) is 12.5 Å². The van der Waals surface area contributed by atoms with Crippen LogP contribution in [0.2, 0.25) is 0 Å². The minimum atomic E-state index is -0.463. The van der Waals surface area contributed by atoms with Crippen LogP contribution in [-0.4, -0.2) is 44.2 Å². The number of rotatable bonds is 13. The van der Waals surface area contributed by atoms with E-state index < -0.39 is 6.09 Å². The van der Waals surface area contributed by atoms with Crippen molar-refractivity contribution in [2.75, 3.05) is 19.8 Å². The Morgan fingerprint density at radius 2 is 1.86 bits per heavy atom. The van der Waals surface area contributed by atoms with Crippen LogP contribution in [0.5, 0.6) is 0 Å². The highest BCUT2D eigenvalue weighted by molar-refractivity contribution is 5.82. The van der Waals surface area contributed by atoms with Gasteiger partial charge in [-0.25, -0.2) is 9.59 Å². The maximum Gasteiger partial charge on any atom is 0.407 e. The number of ether oxygens (including phenoxy) is 4. The third-order valence-electron chi connectivity index (χ3n) is 6.39. The van der Waals surface area contributed by atoms with Gasteiger partial charge in [-0.1, -0.05) is 74.7 Å². The molecule has 1 fully saturated rings. The fourth-order valence-electron chi connectivity index (χ4n) is 4.50. The molecule has 1 heterocycles. The van der Waals surface area contributed by atoms with Gasteiger partial charge in [-0.3, -0.25) is 0 Å². The Labute approximate surface area is 208 Å². The van der Waals surface area contributed by atoms with E-state index in [-0.39, 0.29) is 30.8 Å². The van der Waals surface area contributed by atoms with Gasteiger partial charge in [-0.2, -0.15) is 0 Å². The molecule has 0 saturated carbocycles. The number of benzene rings is 1. The maximum atomic E-state index is 12.5. The third kappa shape index (κ3) is 9.86. The van der Waals surface area contributed by atoms with Crippen molar-refractivity contribution in [1.29, 1.82) is 0 Å². The van der Waals surface area contributed by atoms with Crippen molar-refractivity contribution in [1.82, 2.24) is 5.32 Å². The number of allylic oxidation sites excluding steroid dienone is 1. The van der Waals surface area contributed by atoms with Crippen LogP contribution in [0, 0.1) is 11.8 Å². The number of unbranched alkanes of at least 4 members (excludes halogenated alkanes) is 2. The van der Waals surface area contributed by atoms with Crippen LogP contribution in [0.4, 0.5) is 4.79 Å². The van der Waals surface area contributed by atoms with E-state index in [1.807, 2.05) is 42.5 Å². The standard InChI is InChI=1S/C28H39NO6/c1-2-3-5-12-23-13-8-14-25(29-28(31)35-21-22-10-6-4-7-11-22)24(23)16-17-26(30)32-18-9-15-27-33-19-20-34-27/h4,6-8,10-11,14,16-17,23-25,27H,2-3,5,9,12-13,15,18-21H2,1H3,(H,29,31). The lowest BCUT2D eigenvalue weighted by atomic mass is 9.77. The van der Waals surface area contributed by atoms with Crippen molar-refractivity contribution >= 4 is 12.1 Å². The second-order valence-electron chi connectivity index (χ2n) is 9.07. The number of carbonyl (C=O) groups excluding carboxylic acids is 2. The molecule has 1 saturated heterocycles. The molecular weight excluding hydrogens is 446 g/mol. The minimum absolute atomic E-state index is 0.00558. The lowest BCUT2D eigenvalue weighted by Crippen LogP contribution is -2.43. The smallest absolute Gasteiger partial charge is 0.407 e. The molecule has 1 aliphatic heterocycles. The normalized spacial score (nSPS) is 22.4. The van der Waals surface area contributed by atoms with Crippen LogP contribution < -0.4 is 5.32 Å². The number of alkyl carbamates (subject to hydrolysis) is 1. The van der Waals surface area contributed by atoms with Gasteiger partial charge >= 0.3 is 12.1 Å². The van der Waals surface area contributed by atoms with Gasteiger partial charge in [0.2, 0.25) is 0 Å². The highest BCUT2D eigenvalue weighted by Gasteiger charge is 2.30. The molecule has 1 N–H and O–H groups in total. The monoisotopic (exact) mass is 485 g/mol. The van der Waals surface area contributed by atoms with Crippen LogP contribution in [-0.2, 0) is 30.3 Å². The van der Waals surface area contributed by atoms with Crippen molar-refractivity contribution in [2.45, 2.75) is 70.8 Å². The molecule has 192 valence electrons. The number of hydrogen-bond donors (Lipinski definition) is 1. The first-order valence-electron chi connectivity index (χ1n) is 12.9. The summed E-state index contributed by atoms with van der Waals surface area (Å²) in [6.07, 6.45) is 13.7. The van der Waals surface area contributed by atoms with E-state index in [4.69, 9.17) is 18.9 Å². The molecule has 0 bridgehead atoms. The molecular formula is C28H39NO6. The quantitative estimate of drug-likeness (QED) is 0.177. The average Bonchev–Trinajstić information content (AvgIpc) is 3.39. The Morgan fingerprint density at radius 1 is 1.06 bits per heavy atom.